The number of nitrogens with zero attached hydrogens (tertiary/aromatic N) is 1. The number of benzene rings is 1. The third-order valence-electron chi connectivity index (χ3n) is 4.35. The largest absolute Gasteiger partial charge is 0.497 e. The lowest BCUT2D eigenvalue weighted by molar-refractivity contribution is -0.120. The molecule has 0 spiro atoms. The number of rotatable bonds is 3. The van der Waals surface area contributed by atoms with Gasteiger partial charge in [-0.2, -0.15) is 0 Å². The van der Waals surface area contributed by atoms with Crippen molar-refractivity contribution in [1.82, 2.24) is 4.98 Å². The van der Waals surface area contributed by atoms with Crippen molar-refractivity contribution in [1.29, 1.82) is 0 Å². The van der Waals surface area contributed by atoms with Gasteiger partial charge in [-0.1, -0.05) is 0 Å². The summed E-state index contributed by atoms with van der Waals surface area (Å²) in [5.74, 6) is 0.207. The summed E-state index contributed by atoms with van der Waals surface area (Å²) in [5.41, 5.74) is 6.07. The Kier molecular flexibility index (Phi) is 4.43. The van der Waals surface area contributed by atoms with E-state index >= 15 is 0 Å². The standard InChI is InChI=1S/C17H20FN3O2/c1-23-13-8-11-4-7-15(20-16(11)14(18)9-13)21-17(22)10-2-5-12(19)6-3-10/h4,7-10,12H,2-3,5-6,19H2,1H3,(H,20,21,22). The summed E-state index contributed by atoms with van der Waals surface area (Å²) >= 11 is 0. The summed E-state index contributed by atoms with van der Waals surface area (Å²) in [6, 6.07) is 6.58. The van der Waals surface area contributed by atoms with E-state index in [1.165, 1.54) is 13.2 Å². The fourth-order valence-electron chi connectivity index (χ4n) is 2.96. The van der Waals surface area contributed by atoms with Gasteiger partial charge in [0.15, 0.2) is 5.82 Å². The van der Waals surface area contributed by atoms with Crippen molar-refractivity contribution < 1.29 is 13.9 Å². The minimum atomic E-state index is -0.473. The maximum atomic E-state index is 14.1. The Morgan fingerprint density at radius 2 is 2.04 bits per heavy atom. The molecule has 1 saturated carbocycles. The number of carbonyl (C=O) groups excluding carboxylic acids is 1. The summed E-state index contributed by atoms with van der Waals surface area (Å²) in [6.45, 7) is 0. The number of amides is 1. The van der Waals surface area contributed by atoms with Gasteiger partial charge in [-0.25, -0.2) is 9.37 Å². The van der Waals surface area contributed by atoms with Crippen LogP contribution in [-0.4, -0.2) is 24.0 Å². The predicted octanol–water partition coefficient (Wildman–Crippen LogP) is 2.84. The van der Waals surface area contributed by atoms with Gasteiger partial charge in [-0.15, -0.1) is 0 Å². The van der Waals surface area contributed by atoms with Crippen LogP contribution in [0.15, 0.2) is 24.3 Å². The number of nitrogens with two attached hydrogens (primary N) is 1. The first-order valence-corrected chi connectivity index (χ1v) is 7.77. The number of pyridine rings is 1. The van der Waals surface area contributed by atoms with Crippen LogP contribution in [0.4, 0.5) is 10.2 Å². The van der Waals surface area contributed by atoms with Gasteiger partial charge in [0.1, 0.15) is 17.1 Å². The highest BCUT2D eigenvalue weighted by Crippen LogP contribution is 2.26. The van der Waals surface area contributed by atoms with E-state index in [2.05, 4.69) is 10.3 Å². The molecule has 0 aliphatic heterocycles. The number of hydrogen-bond donors (Lipinski definition) is 2. The van der Waals surface area contributed by atoms with Crippen molar-refractivity contribution in [2.45, 2.75) is 31.7 Å². The summed E-state index contributed by atoms with van der Waals surface area (Å²) < 4.78 is 19.1. The minimum absolute atomic E-state index is 0.0481. The molecule has 0 radical (unpaired) electrons. The van der Waals surface area contributed by atoms with Crippen LogP contribution in [0, 0.1) is 11.7 Å². The maximum absolute atomic E-state index is 14.1. The summed E-state index contributed by atoms with van der Waals surface area (Å²) in [5, 5.41) is 3.41. The third-order valence-corrected chi connectivity index (χ3v) is 4.35. The molecular formula is C17H20FN3O2. The average molecular weight is 317 g/mol. The first-order valence-electron chi connectivity index (χ1n) is 7.77. The Balaban J connectivity index is 1.78. The molecule has 0 atom stereocenters. The van der Waals surface area contributed by atoms with Gasteiger partial charge >= 0.3 is 0 Å². The first-order chi connectivity index (χ1) is 11.1. The molecule has 1 aliphatic rings. The van der Waals surface area contributed by atoms with E-state index < -0.39 is 5.82 Å². The molecule has 1 amide bonds. The summed E-state index contributed by atoms with van der Waals surface area (Å²) in [6.07, 6.45) is 3.29. The molecule has 2 aromatic rings. The molecule has 0 bridgehead atoms. The van der Waals surface area contributed by atoms with Gasteiger partial charge in [0.2, 0.25) is 5.91 Å². The zero-order valence-corrected chi connectivity index (χ0v) is 13.0. The summed E-state index contributed by atoms with van der Waals surface area (Å²) in [4.78, 5) is 16.5. The normalized spacial score (nSPS) is 21.2. The fraction of sp³-hybridized carbons (Fsp3) is 0.412. The van der Waals surface area contributed by atoms with Crippen LogP contribution in [0.3, 0.4) is 0 Å². The molecular weight excluding hydrogens is 297 g/mol. The highest BCUT2D eigenvalue weighted by Gasteiger charge is 2.24. The number of aromatic nitrogens is 1. The van der Waals surface area contributed by atoms with E-state index in [9.17, 15) is 9.18 Å². The number of ether oxygens (including phenoxy) is 1. The molecule has 5 nitrogen and oxygen atoms in total. The van der Waals surface area contributed by atoms with Gasteiger partial charge in [-0.05, 0) is 43.9 Å². The van der Waals surface area contributed by atoms with Crippen molar-refractivity contribution in [3.63, 3.8) is 0 Å². The molecule has 122 valence electrons. The molecule has 0 unspecified atom stereocenters. The van der Waals surface area contributed by atoms with Crippen molar-refractivity contribution in [3.8, 4) is 5.75 Å². The fourth-order valence-corrected chi connectivity index (χ4v) is 2.96. The van der Waals surface area contributed by atoms with Crippen LogP contribution in [-0.2, 0) is 4.79 Å². The molecule has 6 heteroatoms. The SMILES string of the molecule is COc1cc(F)c2nc(NC(=O)C3CCC(N)CC3)ccc2c1. The topological polar surface area (TPSA) is 77.2 Å². The molecule has 1 aromatic carbocycles. The molecule has 0 saturated heterocycles. The monoisotopic (exact) mass is 317 g/mol. The van der Waals surface area contributed by atoms with Crippen LogP contribution in [0.2, 0.25) is 0 Å². The lowest BCUT2D eigenvalue weighted by atomic mass is 9.86. The predicted molar refractivity (Wildman–Crippen MR) is 86.8 cm³/mol. The third kappa shape index (κ3) is 3.42. The second-order valence-electron chi connectivity index (χ2n) is 5.98. The van der Waals surface area contributed by atoms with E-state index in [1.54, 1.807) is 18.2 Å². The van der Waals surface area contributed by atoms with Gasteiger partial charge in [0.25, 0.3) is 0 Å². The van der Waals surface area contributed by atoms with E-state index in [0.29, 0.717) is 17.0 Å². The molecule has 3 N–H and O–H groups in total. The van der Waals surface area contributed by atoms with Crippen molar-refractivity contribution >= 4 is 22.6 Å². The Bertz CT molecular complexity index is 727. The summed E-state index contributed by atoms with van der Waals surface area (Å²) in [7, 11) is 1.48. The number of methoxy groups -OCH3 is 1. The number of nitrogens with one attached hydrogen (secondary N) is 1. The smallest absolute Gasteiger partial charge is 0.228 e. The van der Waals surface area contributed by atoms with Gasteiger partial charge in [-0.3, -0.25) is 4.79 Å². The Morgan fingerprint density at radius 1 is 1.30 bits per heavy atom. The van der Waals surface area contributed by atoms with Gasteiger partial charge < -0.3 is 15.8 Å². The van der Waals surface area contributed by atoms with Crippen LogP contribution in [0.5, 0.6) is 5.75 Å². The van der Waals surface area contributed by atoms with Crippen LogP contribution < -0.4 is 15.8 Å². The van der Waals surface area contributed by atoms with Gasteiger partial charge in [0.05, 0.1) is 7.11 Å². The quantitative estimate of drug-likeness (QED) is 0.912. The molecule has 1 aliphatic carbocycles. The van der Waals surface area contributed by atoms with Crippen LogP contribution >= 0.6 is 0 Å². The van der Waals surface area contributed by atoms with E-state index in [0.717, 1.165) is 25.7 Å². The van der Waals surface area contributed by atoms with Crippen molar-refractivity contribution in [2.24, 2.45) is 11.7 Å². The number of hydrogen-bond acceptors (Lipinski definition) is 4. The Hall–Kier alpha value is -2.21. The van der Waals surface area contributed by atoms with Crippen molar-refractivity contribution in [2.75, 3.05) is 12.4 Å². The van der Waals surface area contributed by atoms with Crippen LogP contribution in [0.25, 0.3) is 10.9 Å². The van der Waals surface area contributed by atoms with Crippen LogP contribution in [0.1, 0.15) is 25.7 Å². The Morgan fingerprint density at radius 3 is 2.74 bits per heavy atom. The number of carbonyl (C=O) groups is 1. The molecule has 1 heterocycles. The first kappa shape index (κ1) is 15.7. The van der Waals surface area contributed by atoms with Gasteiger partial charge in [0, 0.05) is 23.4 Å². The zero-order valence-electron chi connectivity index (χ0n) is 13.0. The number of anilines is 1. The number of fused-ring (bicyclic) bond motifs is 1. The molecule has 1 fully saturated rings. The second kappa shape index (κ2) is 6.50. The lowest BCUT2D eigenvalue weighted by Gasteiger charge is -2.25. The Labute approximate surface area is 134 Å². The van der Waals surface area contributed by atoms with Crippen molar-refractivity contribution in [3.05, 3.63) is 30.1 Å². The molecule has 23 heavy (non-hydrogen) atoms. The number of halogens is 1. The highest BCUT2D eigenvalue weighted by atomic mass is 19.1. The van der Waals surface area contributed by atoms with E-state index in [1.807, 2.05) is 0 Å². The molecule has 1 aromatic heterocycles. The maximum Gasteiger partial charge on any atom is 0.228 e. The van der Waals surface area contributed by atoms with E-state index in [-0.39, 0.29) is 23.4 Å². The highest BCUT2D eigenvalue weighted by molar-refractivity contribution is 5.93. The average Bonchev–Trinajstić information content (AvgIpc) is 2.55. The lowest BCUT2D eigenvalue weighted by Crippen LogP contribution is -2.32. The molecule has 3 rings (SSSR count). The zero-order chi connectivity index (χ0) is 16.4. The minimum Gasteiger partial charge on any atom is -0.497 e. The second-order valence-corrected chi connectivity index (χ2v) is 5.98. The van der Waals surface area contributed by atoms with E-state index in [4.69, 9.17) is 10.5 Å².